The number of rotatable bonds is 8. The van der Waals surface area contributed by atoms with Gasteiger partial charge >= 0.3 is 17.9 Å². The summed E-state index contributed by atoms with van der Waals surface area (Å²) in [6.45, 7) is 18.8. The number of hydrogen-bond acceptors (Lipinski definition) is 7. The predicted octanol–water partition coefficient (Wildman–Crippen LogP) is 7.92. The zero-order valence-corrected chi connectivity index (χ0v) is 30.7. The molecule has 4 saturated carbocycles. The van der Waals surface area contributed by atoms with Gasteiger partial charge in [-0.3, -0.25) is 14.4 Å². The van der Waals surface area contributed by atoms with Crippen molar-refractivity contribution < 1.29 is 29.0 Å². The van der Waals surface area contributed by atoms with Crippen molar-refractivity contribution in [1.82, 2.24) is 15.0 Å². The quantitative estimate of drug-likeness (QED) is 0.220. The van der Waals surface area contributed by atoms with Crippen LogP contribution in [0.25, 0.3) is 0 Å². The van der Waals surface area contributed by atoms with Crippen LogP contribution in [0.4, 0.5) is 0 Å². The molecule has 0 amide bonds. The Morgan fingerprint density at radius 3 is 2.38 bits per heavy atom. The first-order chi connectivity index (χ1) is 22.4. The molecule has 5 aliphatic carbocycles. The Morgan fingerprint density at radius 1 is 0.938 bits per heavy atom. The van der Waals surface area contributed by atoms with E-state index in [2.05, 4.69) is 64.9 Å². The van der Waals surface area contributed by atoms with E-state index in [4.69, 9.17) is 9.47 Å². The molecular weight excluding hydrogens is 606 g/mol. The van der Waals surface area contributed by atoms with E-state index >= 15 is 0 Å². The molecule has 1 unspecified atom stereocenters. The van der Waals surface area contributed by atoms with E-state index < -0.39 is 5.97 Å². The maximum atomic E-state index is 13.2. The van der Waals surface area contributed by atoms with Gasteiger partial charge in [-0.05, 0) is 109 Å². The van der Waals surface area contributed by atoms with Crippen LogP contribution in [0.15, 0.2) is 17.8 Å². The molecule has 6 rings (SSSR count). The van der Waals surface area contributed by atoms with Crippen LogP contribution in [-0.4, -0.2) is 44.1 Å². The molecule has 0 aromatic carbocycles. The van der Waals surface area contributed by atoms with Crippen molar-refractivity contribution in [3.63, 3.8) is 0 Å². The van der Waals surface area contributed by atoms with Crippen LogP contribution in [0, 0.1) is 50.2 Å². The molecule has 0 saturated heterocycles. The van der Waals surface area contributed by atoms with Gasteiger partial charge < -0.3 is 14.6 Å². The maximum Gasteiger partial charge on any atom is 0.328 e. The number of aliphatic carboxylic acids is 1. The van der Waals surface area contributed by atoms with E-state index in [-0.39, 0.29) is 63.7 Å². The Labute approximate surface area is 287 Å². The molecule has 9 heteroatoms. The highest BCUT2D eigenvalue weighted by atomic mass is 16.5. The summed E-state index contributed by atoms with van der Waals surface area (Å²) in [5.41, 5.74) is 2.32. The zero-order valence-electron chi connectivity index (χ0n) is 30.7. The van der Waals surface area contributed by atoms with Crippen molar-refractivity contribution >= 4 is 17.9 Å². The van der Waals surface area contributed by atoms with Crippen molar-refractivity contribution in [3.8, 4) is 0 Å². The second-order valence-electron chi connectivity index (χ2n) is 18.4. The van der Waals surface area contributed by atoms with Crippen LogP contribution in [0.2, 0.25) is 0 Å². The molecule has 9 nitrogen and oxygen atoms in total. The second-order valence-corrected chi connectivity index (χ2v) is 18.4. The molecule has 1 aromatic rings. The average Bonchev–Trinajstić information content (AvgIpc) is 3.45. The van der Waals surface area contributed by atoms with E-state index in [1.165, 1.54) is 4.68 Å². The van der Waals surface area contributed by atoms with Gasteiger partial charge in [-0.1, -0.05) is 72.3 Å². The van der Waals surface area contributed by atoms with Crippen molar-refractivity contribution in [1.29, 1.82) is 0 Å². The molecule has 0 radical (unpaired) electrons. The number of carboxylic acids is 1. The molecular formula is C39H59N3O6. The number of carbonyl (C=O) groups is 3. The van der Waals surface area contributed by atoms with E-state index in [0.717, 1.165) is 64.2 Å². The van der Waals surface area contributed by atoms with Crippen molar-refractivity contribution in [3.05, 3.63) is 23.5 Å². The molecule has 8 atom stereocenters. The van der Waals surface area contributed by atoms with Gasteiger partial charge in [0.25, 0.3) is 0 Å². The lowest BCUT2D eigenvalue weighted by Gasteiger charge is -2.71. The molecule has 266 valence electrons. The Morgan fingerprint density at radius 2 is 1.67 bits per heavy atom. The Bertz CT molecular complexity index is 1480. The number of aromatic nitrogens is 3. The monoisotopic (exact) mass is 665 g/mol. The van der Waals surface area contributed by atoms with Crippen molar-refractivity contribution in [2.24, 2.45) is 50.2 Å². The fourth-order valence-electron chi connectivity index (χ4n) is 12.2. The van der Waals surface area contributed by atoms with Crippen molar-refractivity contribution in [2.45, 2.75) is 152 Å². The summed E-state index contributed by atoms with van der Waals surface area (Å²) in [7, 11) is 0. The minimum atomic E-state index is -0.641. The summed E-state index contributed by atoms with van der Waals surface area (Å²) in [5.74, 6) is 0.0207. The maximum absolute atomic E-state index is 13.2. The number of allylic oxidation sites excluding steroid dienone is 2. The third kappa shape index (κ3) is 5.63. The van der Waals surface area contributed by atoms with Crippen LogP contribution in [0.5, 0.6) is 0 Å². The minimum Gasteiger partial charge on any atom is -0.481 e. The Hall–Kier alpha value is -2.71. The van der Waals surface area contributed by atoms with Gasteiger partial charge in [0.2, 0.25) is 0 Å². The molecule has 1 N–H and O–H groups in total. The van der Waals surface area contributed by atoms with E-state index in [9.17, 15) is 19.5 Å². The van der Waals surface area contributed by atoms with Gasteiger partial charge in [-0.2, -0.15) is 0 Å². The first-order valence-corrected chi connectivity index (χ1v) is 18.6. The summed E-state index contributed by atoms with van der Waals surface area (Å²) in [6, 6.07) is 0. The summed E-state index contributed by atoms with van der Waals surface area (Å²) in [4.78, 5) is 37.0. The highest BCUT2D eigenvalue weighted by Crippen LogP contribution is 2.76. The summed E-state index contributed by atoms with van der Waals surface area (Å²) < 4.78 is 12.8. The SMILES string of the molecule is CCC(=O)OCc1cn(CC(=O)O[C@H]2CC[C@@]3(C)C(CC[C@]4(C)[C@@H]3CC=C3[C@H]5CC(C)(C)CC[C@]5(CC(=O)O)CC[C@]34C)C2(C)C)nn1. The number of esters is 2. The average molecular weight is 666 g/mol. The fourth-order valence-corrected chi connectivity index (χ4v) is 12.2. The van der Waals surface area contributed by atoms with Gasteiger partial charge in [0.05, 0.1) is 12.6 Å². The second kappa shape index (κ2) is 12.0. The molecule has 1 heterocycles. The molecule has 1 aromatic heterocycles. The molecule has 0 aliphatic heterocycles. The minimum absolute atomic E-state index is 0.0306. The summed E-state index contributed by atoms with van der Waals surface area (Å²) >= 11 is 0. The number of hydrogen-bond donors (Lipinski definition) is 1. The van der Waals surface area contributed by atoms with Gasteiger partial charge in [-0.25, -0.2) is 4.68 Å². The predicted molar refractivity (Wildman–Crippen MR) is 181 cm³/mol. The lowest BCUT2D eigenvalue weighted by atomic mass is 9.33. The molecule has 48 heavy (non-hydrogen) atoms. The lowest BCUT2D eigenvalue weighted by molar-refractivity contribution is -0.213. The summed E-state index contributed by atoms with van der Waals surface area (Å²) in [5, 5.41) is 18.1. The highest BCUT2D eigenvalue weighted by Gasteiger charge is 2.68. The van der Waals surface area contributed by atoms with E-state index in [0.29, 0.717) is 36.3 Å². The topological polar surface area (TPSA) is 121 Å². The standard InChI is InChI=1S/C39H59N3O6/c1-9-32(45)47-24-25-22-42(41-40-25)23-33(46)48-30-13-14-36(6)28(35(30,4)5)12-15-38(8)29(36)11-10-26-27-20-34(2,3)16-18-39(27,21-31(43)44)19-17-37(26,38)7/h10,22,27-30H,9,11-21,23-24H2,1-8H3,(H,43,44)/t27-,28?,29-,30+,36+,37-,38-,39-/m1/s1. The largest absolute Gasteiger partial charge is 0.481 e. The van der Waals surface area contributed by atoms with E-state index in [1.807, 2.05) is 0 Å². The normalized spacial score (nSPS) is 39.5. The van der Waals surface area contributed by atoms with Crippen LogP contribution in [0.1, 0.15) is 138 Å². The first kappa shape index (κ1) is 35.1. The number of nitrogens with zero attached hydrogens (tertiary/aromatic N) is 3. The smallest absolute Gasteiger partial charge is 0.328 e. The first-order valence-electron chi connectivity index (χ1n) is 18.6. The number of carbonyl (C=O) groups excluding carboxylic acids is 2. The number of carboxylic acid groups (broad SMARTS) is 1. The molecule has 0 spiro atoms. The Balaban J connectivity index is 1.20. The zero-order chi connectivity index (χ0) is 34.9. The van der Waals surface area contributed by atoms with Crippen LogP contribution in [0.3, 0.4) is 0 Å². The Kier molecular flexibility index (Phi) is 8.76. The third-order valence-corrected chi connectivity index (χ3v) is 15.1. The third-order valence-electron chi connectivity index (χ3n) is 15.1. The summed E-state index contributed by atoms with van der Waals surface area (Å²) in [6.07, 6.45) is 15.1. The lowest BCUT2D eigenvalue weighted by Crippen LogP contribution is -2.65. The van der Waals surface area contributed by atoms with Gasteiger partial charge in [-0.15, -0.1) is 5.10 Å². The number of ether oxygens (including phenoxy) is 2. The highest BCUT2D eigenvalue weighted by molar-refractivity contribution is 5.70. The van der Waals surface area contributed by atoms with Crippen molar-refractivity contribution in [2.75, 3.05) is 0 Å². The van der Waals surface area contributed by atoms with Gasteiger partial charge in [0, 0.05) is 11.8 Å². The van der Waals surface area contributed by atoms with Crippen LogP contribution < -0.4 is 0 Å². The van der Waals surface area contributed by atoms with Crippen LogP contribution >= 0.6 is 0 Å². The van der Waals surface area contributed by atoms with E-state index in [1.54, 1.807) is 18.7 Å². The van der Waals surface area contributed by atoms with Gasteiger partial charge in [0.15, 0.2) is 0 Å². The molecule has 4 fully saturated rings. The fraction of sp³-hybridized carbons (Fsp3) is 0.821. The number of fused-ring (bicyclic) bond motifs is 7. The molecule has 0 bridgehead atoms. The molecule has 5 aliphatic rings. The van der Waals surface area contributed by atoms with Gasteiger partial charge in [0.1, 0.15) is 24.9 Å². The van der Waals surface area contributed by atoms with Crippen LogP contribution in [-0.2, 0) is 37.0 Å².